The van der Waals surface area contributed by atoms with E-state index in [1.54, 1.807) is 12.1 Å². The number of hydrogen-bond acceptors (Lipinski definition) is 4. The monoisotopic (exact) mass is 603 g/mol. The molecule has 1 spiro atoms. The molecule has 2 aromatic carbocycles. The third kappa shape index (κ3) is 5.02. The number of likely N-dealkylation sites (tertiary alicyclic amines) is 1. The Labute approximate surface area is 257 Å². The van der Waals surface area contributed by atoms with E-state index < -0.39 is 11.5 Å². The number of fused-ring (bicyclic) bond motifs is 2. The molecule has 218 valence electrons. The Morgan fingerprint density at radius 1 is 1.10 bits per heavy atom. The minimum atomic E-state index is -1.15. The van der Waals surface area contributed by atoms with E-state index in [9.17, 15) is 9.59 Å². The largest absolute Gasteiger partial charge is 0.490 e. The molecule has 4 aliphatic rings. The van der Waals surface area contributed by atoms with Crippen LogP contribution in [-0.2, 0) is 15.0 Å². The molecule has 4 atom stereocenters. The summed E-state index contributed by atoms with van der Waals surface area (Å²) in [5.41, 5.74) is 1.65. The molecule has 2 N–H and O–H groups in total. The van der Waals surface area contributed by atoms with Gasteiger partial charge in [-0.3, -0.25) is 9.59 Å². The van der Waals surface area contributed by atoms with Crippen LogP contribution in [-0.4, -0.2) is 41.9 Å². The molecule has 2 aromatic rings. The molecule has 8 heteroatoms. The van der Waals surface area contributed by atoms with Crippen LogP contribution >= 0.6 is 23.2 Å². The van der Waals surface area contributed by atoms with Gasteiger partial charge in [-0.2, -0.15) is 0 Å². The molecule has 6 nitrogen and oxygen atoms in total. The number of carbonyl (C=O) groups excluding carboxylic acids is 2. The number of amides is 2. The fourth-order valence-corrected chi connectivity index (χ4v) is 7.73. The molecular formula is C34H35Cl2N3O3. The van der Waals surface area contributed by atoms with Gasteiger partial charge in [0.1, 0.15) is 17.3 Å². The van der Waals surface area contributed by atoms with Gasteiger partial charge in [-0.15, -0.1) is 6.42 Å². The molecule has 2 fully saturated rings. The summed E-state index contributed by atoms with van der Waals surface area (Å²) in [6.07, 6.45) is 14.2. The lowest BCUT2D eigenvalue weighted by molar-refractivity contribution is -0.135. The van der Waals surface area contributed by atoms with E-state index in [0.717, 1.165) is 31.5 Å². The van der Waals surface area contributed by atoms with E-state index in [1.807, 2.05) is 36.4 Å². The average molecular weight is 605 g/mol. The molecule has 1 aliphatic carbocycles. The number of benzene rings is 2. The van der Waals surface area contributed by atoms with Crippen LogP contribution < -0.4 is 15.4 Å². The third-order valence-corrected chi connectivity index (χ3v) is 9.89. The molecule has 0 aromatic heterocycles. The van der Waals surface area contributed by atoms with Gasteiger partial charge in [-0.05, 0) is 86.9 Å². The van der Waals surface area contributed by atoms with Crippen LogP contribution in [0, 0.1) is 24.2 Å². The van der Waals surface area contributed by atoms with Crippen molar-refractivity contribution in [3.63, 3.8) is 0 Å². The Kier molecular flexibility index (Phi) is 7.87. The summed E-state index contributed by atoms with van der Waals surface area (Å²) in [4.78, 5) is 30.4. The number of nitrogens with zero attached hydrogens (tertiary/aromatic N) is 1. The smallest absolute Gasteiger partial charge is 0.237 e. The maximum atomic E-state index is 14.4. The van der Waals surface area contributed by atoms with Gasteiger partial charge in [0, 0.05) is 52.4 Å². The van der Waals surface area contributed by atoms with Crippen molar-refractivity contribution in [3.05, 3.63) is 81.4 Å². The van der Waals surface area contributed by atoms with Gasteiger partial charge in [0.15, 0.2) is 0 Å². The summed E-state index contributed by atoms with van der Waals surface area (Å²) in [6.45, 7) is 6.32. The first-order valence-corrected chi connectivity index (χ1v) is 15.4. The number of halogens is 2. The predicted octanol–water partition coefficient (Wildman–Crippen LogP) is 6.34. The molecule has 6 rings (SSSR count). The second-order valence-corrected chi connectivity index (χ2v) is 13.0. The predicted molar refractivity (Wildman–Crippen MR) is 167 cm³/mol. The number of hydrogen-bond donors (Lipinski definition) is 2. The van der Waals surface area contributed by atoms with Crippen molar-refractivity contribution in [1.29, 1.82) is 0 Å². The lowest BCUT2D eigenvalue weighted by Crippen LogP contribution is -2.59. The Bertz CT molecular complexity index is 1520. The highest BCUT2D eigenvalue weighted by Gasteiger charge is 2.62. The lowest BCUT2D eigenvalue weighted by Gasteiger charge is -2.49. The highest BCUT2D eigenvalue weighted by Crippen LogP contribution is 2.58. The Balaban J connectivity index is 1.49. The Morgan fingerprint density at radius 3 is 2.60 bits per heavy atom. The van der Waals surface area contributed by atoms with Gasteiger partial charge in [0.25, 0.3) is 0 Å². The zero-order valence-corrected chi connectivity index (χ0v) is 25.3. The van der Waals surface area contributed by atoms with Gasteiger partial charge in [0.05, 0.1) is 6.04 Å². The van der Waals surface area contributed by atoms with Crippen LogP contribution in [0.3, 0.4) is 0 Å². The Morgan fingerprint density at radius 2 is 1.88 bits per heavy atom. The molecule has 1 unspecified atom stereocenters. The van der Waals surface area contributed by atoms with Crippen molar-refractivity contribution in [1.82, 2.24) is 10.2 Å². The van der Waals surface area contributed by atoms with E-state index >= 15 is 0 Å². The fourth-order valence-electron chi connectivity index (χ4n) is 7.31. The summed E-state index contributed by atoms with van der Waals surface area (Å²) in [7, 11) is 0. The number of rotatable bonds is 5. The molecule has 3 heterocycles. The molecule has 0 bridgehead atoms. The van der Waals surface area contributed by atoms with Crippen LogP contribution in [0.1, 0.15) is 62.3 Å². The first-order chi connectivity index (χ1) is 20.2. The van der Waals surface area contributed by atoms with Gasteiger partial charge in [0.2, 0.25) is 11.8 Å². The number of carbonyl (C=O) groups is 2. The number of nitrogens with one attached hydrogen (secondary N) is 2. The van der Waals surface area contributed by atoms with E-state index in [1.165, 1.54) is 0 Å². The van der Waals surface area contributed by atoms with Crippen molar-refractivity contribution < 1.29 is 14.3 Å². The first-order valence-electron chi connectivity index (χ1n) is 14.7. The maximum absolute atomic E-state index is 14.4. The van der Waals surface area contributed by atoms with Crippen molar-refractivity contribution in [2.45, 2.75) is 63.1 Å². The minimum absolute atomic E-state index is 0.00944. The lowest BCUT2D eigenvalue weighted by atomic mass is 9.57. The van der Waals surface area contributed by atoms with Gasteiger partial charge in [-0.1, -0.05) is 47.3 Å². The third-order valence-electron chi connectivity index (χ3n) is 9.37. The number of ether oxygens (including phenoxy) is 1. The molecule has 0 radical (unpaired) electrons. The number of anilines is 1. The molecule has 2 saturated heterocycles. The van der Waals surface area contributed by atoms with Crippen LogP contribution in [0.4, 0.5) is 5.69 Å². The van der Waals surface area contributed by atoms with Gasteiger partial charge < -0.3 is 20.3 Å². The van der Waals surface area contributed by atoms with Crippen LogP contribution in [0.2, 0.25) is 5.02 Å². The summed E-state index contributed by atoms with van der Waals surface area (Å²) in [5.74, 6) is 2.54. The van der Waals surface area contributed by atoms with E-state index in [2.05, 4.69) is 41.4 Å². The normalized spacial score (nSPS) is 27.8. The highest BCUT2D eigenvalue weighted by atomic mass is 35.5. The van der Waals surface area contributed by atoms with Gasteiger partial charge >= 0.3 is 0 Å². The van der Waals surface area contributed by atoms with E-state index in [4.69, 9.17) is 34.4 Å². The first kappa shape index (κ1) is 28.9. The second-order valence-electron chi connectivity index (χ2n) is 12.0. The number of piperidine rings is 2. The van der Waals surface area contributed by atoms with Crippen LogP contribution in [0.25, 0.3) is 0 Å². The average Bonchev–Trinajstić information content (AvgIpc) is 3.25. The maximum Gasteiger partial charge on any atom is 0.237 e. The standard InChI is InChI=1S/C34H35Cl2N3O3/c1-4-21-8-11-30(42-25-12-14-39(15-13-25)20(2)3)26(16-21)32-34(27-10-9-24(36)18-29(27)37-33(34)41)28(19-31(40)38-32)22-6-5-7-23(35)17-22/h1,5-11,16,18,20,22,25,28,32H,12-15,17,19H2,2-3H3,(H,37,41)(H,38,40)/t22?,28-,32+,34-/m0/s1. The SMILES string of the molecule is C#Cc1ccc(OC2CCN(C(C)C)CC2)c([C@H]2NC(=O)C[C@@H](C3C=CC=C(Cl)C3)[C@]23C(=O)Nc2cc(Cl)ccc23)c1. The quantitative estimate of drug-likeness (QED) is 0.391. The number of terminal acetylenes is 1. The minimum Gasteiger partial charge on any atom is -0.490 e. The number of allylic oxidation sites excluding steroid dienone is 4. The summed E-state index contributed by atoms with van der Waals surface area (Å²) >= 11 is 12.9. The molecular weight excluding hydrogens is 569 g/mol. The van der Waals surface area contributed by atoms with Crippen molar-refractivity contribution in [2.24, 2.45) is 11.8 Å². The van der Waals surface area contributed by atoms with Crippen molar-refractivity contribution >= 4 is 40.7 Å². The summed E-state index contributed by atoms with van der Waals surface area (Å²) < 4.78 is 6.70. The zero-order chi connectivity index (χ0) is 29.6. The topological polar surface area (TPSA) is 70.7 Å². The second kappa shape index (κ2) is 11.4. The summed E-state index contributed by atoms with van der Waals surface area (Å²) in [6, 6.07) is 10.9. The van der Waals surface area contributed by atoms with E-state index in [0.29, 0.717) is 45.1 Å². The van der Waals surface area contributed by atoms with Crippen LogP contribution in [0.5, 0.6) is 5.75 Å². The highest BCUT2D eigenvalue weighted by molar-refractivity contribution is 6.31. The summed E-state index contributed by atoms with van der Waals surface area (Å²) in [5, 5.41) is 7.54. The zero-order valence-electron chi connectivity index (χ0n) is 23.8. The fraction of sp³-hybridized carbons (Fsp3) is 0.412. The Hall–Kier alpha value is -3.24. The van der Waals surface area contributed by atoms with Crippen LogP contribution in [0.15, 0.2) is 59.7 Å². The molecule has 2 amide bonds. The molecule has 3 aliphatic heterocycles. The molecule has 42 heavy (non-hydrogen) atoms. The van der Waals surface area contributed by atoms with Crippen molar-refractivity contribution in [3.8, 4) is 18.1 Å². The van der Waals surface area contributed by atoms with E-state index in [-0.39, 0.29) is 36.2 Å². The molecule has 0 saturated carbocycles. The van der Waals surface area contributed by atoms with Crippen molar-refractivity contribution in [2.75, 3.05) is 18.4 Å². The van der Waals surface area contributed by atoms with Gasteiger partial charge in [-0.25, -0.2) is 0 Å².